The molecular formula is C16H20Cl2N4OS. The van der Waals surface area contributed by atoms with E-state index in [1.165, 1.54) is 0 Å². The molecule has 1 aromatic carbocycles. The Labute approximate surface area is 155 Å². The fraction of sp³-hybridized carbons (Fsp3) is 0.375. The van der Waals surface area contributed by atoms with E-state index in [0.717, 1.165) is 16.4 Å². The largest absolute Gasteiger partial charge is 0.387 e. The van der Waals surface area contributed by atoms with Crippen molar-refractivity contribution in [2.24, 2.45) is 4.99 Å². The van der Waals surface area contributed by atoms with E-state index >= 15 is 0 Å². The van der Waals surface area contributed by atoms with Gasteiger partial charge >= 0.3 is 0 Å². The summed E-state index contributed by atoms with van der Waals surface area (Å²) in [6.07, 6.45) is 1.09. The van der Waals surface area contributed by atoms with Crippen LogP contribution in [-0.4, -0.2) is 29.1 Å². The number of nitrogens with one attached hydrogen (secondary N) is 2. The van der Waals surface area contributed by atoms with Crippen molar-refractivity contribution in [2.75, 3.05) is 13.1 Å². The number of aliphatic hydroxyl groups is 1. The molecule has 0 saturated carbocycles. The molecule has 0 spiro atoms. The monoisotopic (exact) mass is 386 g/mol. The molecule has 0 bridgehead atoms. The molecule has 1 aromatic heterocycles. The van der Waals surface area contributed by atoms with Crippen LogP contribution in [0.1, 0.15) is 28.5 Å². The molecule has 5 nitrogen and oxygen atoms in total. The van der Waals surface area contributed by atoms with Crippen molar-refractivity contribution in [3.05, 3.63) is 49.9 Å². The number of hydrogen-bond acceptors (Lipinski definition) is 4. The van der Waals surface area contributed by atoms with Gasteiger partial charge in [0.1, 0.15) is 5.01 Å². The number of aryl methyl sites for hydroxylation is 1. The first-order chi connectivity index (χ1) is 11.5. The Kier molecular flexibility index (Phi) is 7.30. The van der Waals surface area contributed by atoms with E-state index in [1.807, 2.05) is 20.0 Å². The van der Waals surface area contributed by atoms with E-state index in [-0.39, 0.29) is 0 Å². The lowest BCUT2D eigenvalue weighted by Crippen LogP contribution is -2.39. The van der Waals surface area contributed by atoms with Gasteiger partial charge < -0.3 is 15.7 Å². The number of aliphatic hydroxyl groups excluding tert-OH is 1. The van der Waals surface area contributed by atoms with Crippen LogP contribution in [0.2, 0.25) is 10.0 Å². The zero-order valence-electron chi connectivity index (χ0n) is 13.5. The van der Waals surface area contributed by atoms with Crippen LogP contribution in [0.4, 0.5) is 0 Å². The van der Waals surface area contributed by atoms with Gasteiger partial charge in [-0.3, -0.25) is 0 Å². The molecule has 130 valence electrons. The molecule has 1 heterocycles. The average molecular weight is 387 g/mol. The van der Waals surface area contributed by atoms with Crippen LogP contribution in [-0.2, 0) is 6.54 Å². The summed E-state index contributed by atoms with van der Waals surface area (Å²) < 4.78 is 0. The van der Waals surface area contributed by atoms with E-state index < -0.39 is 6.10 Å². The third kappa shape index (κ3) is 5.94. The van der Waals surface area contributed by atoms with E-state index in [4.69, 9.17) is 23.2 Å². The predicted molar refractivity (Wildman–Crippen MR) is 101 cm³/mol. The summed E-state index contributed by atoms with van der Waals surface area (Å²) in [5, 5.41) is 18.5. The van der Waals surface area contributed by atoms with Gasteiger partial charge in [0.25, 0.3) is 0 Å². The van der Waals surface area contributed by atoms with Crippen molar-refractivity contribution in [2.45, 2.75) is 26.5 Å². The highest BCUT2D eigenvalue weighted by molar-refractivity contribution is 7.11. The van der Waals surface area contributed by atoms with Crippen molar-refractivity contribution in [3.8, 4) is 0 Å². The van der Waals surface area contributed by atoms with E-state index in [2.05, 4.69) is 20.6 Å². The molecule has 24 heavy (non-hydrogen) atoms. The van der Waals surface area contributed by atoms with Gasteiger partial charge in [-0.05, 0) is 37.6 Å². The highest BCUT2D eigenvalue weighted by Crippen LogP contribution is 2.23. The summed E-state index contributed by atoms with van der Waals surface area (Å²) in [6, 6.07) is 5.03. The van der Waals surface area contributed by atoms with Crippen molar-refractivity contribution in [1.82, 2.24) is 15.6 Å². The van der Waals surface area contributed by atoms with E-state index in [1.54, 1.807) is 29.5 Å². The van der Waals surface area contributed by atoms with Gasteiger partial charge in [-0.1, -0.05) is 23.2 Å². The molecule has 0 aliphatic carbocycles. The van der Waals surface area contributed by atoms with Gasteiger partial charge in [0.05, 0.1) is 12.6 Å². The van der Waals surface area contributed by atoms with Gasteiger partial charge in [0.15, 0.2) is 5.96 Å². The van der Waals surface area contributed by atoms with Crippen LogP contribution in [0.15, 0.2) is 29.4 Å². The molecule has 2 aromatic rings. The van der Waals surface area contributed by atoms with Gasteiger partial charge in [0, 0.05) is 34.2 Å². The number of rotatable bonds is 6. The molecule has 0 aliphatic heterocycles. The molecule has 8 heteroatoms. The lowest BCUT2D eigenvalue weighted by Gasteiger charge is -2.16. The van der Waals surface area contributed by atoms with Crippen molar-refractivity contribution in [3.63, 3.8) is 0 Å². The Morgan fingerprint density at radius 2 is 2.00 bits per heavy atom. The molecule has 0 amide bonds. The lowest BCUT2D eigenvalue weighted by atomic mass is 10.1. The third-order valence-electron chi connectivity index (χ3n) is 3.12. The predicted octanol–water partition coefficient (Wildman–Crippen LogP) is 3.55. The summed E-state index contributed by atoms with van der Waals surface area (Å²) >= 11 is 13.6. The van der Waals surface area contributed by atoms with Crippen LogP contribution in [0.25, 0.3) is 0 Å². The Bertz CT molecular complexity index is 685. The number of hydrogen-bond donors (Lipinski definition) is 3. The Hall–Kier alpha value is -1.34. The first-order valence-electron chi connectivity index (χ1n) is 7.55. The smallest absolute Gasteiger partial charge is 0.191 e. The maximum Gasteiger partial charge on any atom is 0.191 e. The molecule has 2 rings (SSSR count). The maximum absolute atomic E-state index is 10.3. The Morgan fingerprint density at radius 1 is 1.29 bits per heavy atom. The number of aromatic nitrogens is 1. The minimum atomic E-state index is -0.743. The maximum atomic E-state index is 10.3. The quantitative estimate of drug-likeness (QED) is 0.524. The second-order valence-electron chi connectivity index (χ2n) is 5.16. The highest BCUT2D eigenvalue weighted by Gasteiger charge is 2.10. The highest BCUT2D eigenvalue weighted by atomic mass is 35.5. The van der Waals surface area contributed by atoms with Crippen LogP contribution in [0.5, 0.6) is 0 Å². The van der Waals surface area contributed by atoms with Crippen LogP contribution >= 0.6 is 34.5 Å². The number of aliphatic imine (C=N–C) groups is 1. The van der Waals surface area contributed by atoms with Crippen molar-refractivity contribution in [1.29, 1.82) is 0 Å². The number of halogens is 2. The second-order valence-corrected chi connectivity index (χ2v) is 7.35. The van der Waals surface area contributed by atoms with Gasteiger partial charge in [0.2, 0.25) is 0 Å². The van der Waals surface area contributed by atoms with E-state index in [9.17, 15) is 5.11 Å². The molecule has 1 atom stereocenters. The SMILES string of the molecule is CCNC(=NCc1ncc(C)s1)NCC(O)c1cc(Cl)cc(Cl)c1. The Balaban J connectivity index is 1.97. The molecule has 1 unspecified atom stereocenters. The summed E-state index contributed by atoms with van der Waals surface area (Å²) in [5.74, 6) is 0.623. The van der Waals surface area contributed by atoms with E-state index in [0.29, 0.717) is 34.7 Å². The number of benzene rings is 1. The van der Waals surface area contributed by atoms with Crippen LogP contribution in [0, 0.1) is 6.92 Å². The molecule has 0 fully saturated rings. The molecular weight excluding hydrogens is 367 g/mol. The zero-order chi connectivity index (χ0) is 17.5. The van der Waals surface area contributed by atoms with Crippen molar-refractivity contribution < 1.29 is 5.11 Å². The molecule has 0 radical (unpaired) electrons. The normalized spacial score (nSPS) is 13.0. The molecule has 0 aliphatic rings. The fourth-order valence-corrected chi connectivity index (χ4v) is 3.30. The second kappa shape index (κ2) is 9.22. The van der Waals surface area contributed by atoms with Crippen LogP contribution in [0.3, 0.4) is 0 Å². The standard InChI is InChI=1S/C16H20Cl2N4OS/c1-3-19-16(22-9-15-20-7-10(2)24-15)21-8-14(23)11-4-12(17)6-13(18)5-11/h4-7,14,23H,3,8-9H2,1-2H3,(H2,19,21,22). The fourth-order valence-electron chi connectivity index (χ4n) is 2.04. The molecule has 3 N–H and O–H groups in total. The lowest BCUT2D eigenvalue weighted by molar-refractivity contribution is 0.181. The Morgan fingerprint density at radius 3 is 2.58 bits per heavy atom. The number of guanidine groups is 1. The van der Waals surface area contributed by atoms with Crippen LogP contribution < -0.4 is 10.6 Å². The average Bonchev–Trinajstić information content (AvgIpc) is 2.94. The van der Waals surface area contributed by atoms with Crippen molar-refractivity contribution >= 4 is 40.5 Å². The topological polar surface area (TPSA) is 69.5 Å². The summed E-state index contributed by atoms with van der Waals surface area (Å²) in [7, 11) is 0. The van der Waals surface area contributed by atoms with Gasteiger partial charge in [-0.25, -0.2) is 9.98 Å². The molecule has 0 saturated heterocycles. The zero-order valence-corrected chi connectivity index (χ0v) is 15.8. The number of thiazole rings is 1. The van der Waals surface area contributed by atoms with Gasteiger partial charge in [-0.15, -0.1) is 11.3 Å². The summed E-state index contributed by atoms with van der Waals surface area (Å²) in [4.78, 5) is 9.92. The first-order valence-corrected chi connectivity index (χ1v) is 9.12. The first kappa shape index (κ1) is 19.0. The van der Waals surface area contributed by atoms with Gasteiger partial charge in [-0.2, -0.15) is 0 Å². The minimum Gasteiger partial charge on any atom is -0.387 e. The summed E-state index contributed by atoms with van der Waals surface area (Å²) in [5.41, 5.74) is 0.659. The summed E-state index contributed by atoms with van der Waals surface area (Å²) in [6.45, 7) is 5.51. The number of nitrogens with zero attached hydrogens (tertiary/aromatic N) is 2. The minimum absolute atomic E-state index is 0.291. The third-order valence-corrected chi connectivity index (χ3v) is 4.45.